The minimum Gasteiger partial charge on any atom is -0.494 e. The Morgan fingerprint density at radius 3 is 0.940 bits per heavy atom. The van der Waals surface area contributed by atoms with Crippen molar-refractivity contribution >= 4 is 82.2 Å². The number of rotatable bonds is 6. The van der Waals surface area contributed by atoms with Crippen molar-refractivity contribution in [2.24, 2.45) is 5.73 Å². The van der Waals surface area contributed by atoms with Crippen molar-refractivity contribution in [3.05, 3.63) is 274 Å². The summed E-state index contributed by atoms with van der Waals surface area (Å²) in [6, 6.07) is 40.0. The fourth-order valence-corrected chi connectivity index (χ4v) is 18.5. The quantitative estimate of drug-likeness (QED) is 0.162. The van der Waals surface area contributed by atoms with Crippen molar-refractivity contribution < 1.29 is 18.3 Å². The number of aryl methyl sites for hydroxylation is 2. The number of para-hydroxylation sites is 5. The smallest absolute Gasteiger partial charge is 0.265 e. The van der Waals surface area contributed by atoms with Crippen LogP contribution in [0.2, 0.25) is 0 Å². The number of hydrogen-bond acceptors (Lipinski definition) is 17. The van der Waals surface area contributed by atoms with Gasteiger partial charge in [-0.05, 0) is 254 Å². The largest absolute Gasteiger partial charge is 0.494 e. The Kier molecular flexibility index (Phi) is 34.7. The molecule has 2 N–H and O–H groups in total. The van der Waals surface area contributed by atoms with E-state index in [1.807, 2.05) is 220 Å². The minimum absolute atomic E-state index is 0.0173. The molecule has 0 atom stereocenters. The number of benzene rings is 7. The van der Waals surface area contributed by atoms with Crippen LogP contribution >= 0.6 is 0 Å². The van der Waals surface area contributed by atoms with Crippen LogP contribution in [-0.2, 0) is 89.5 Å². The van der Waals surface area contributed by atoms with Gasteiger partial charge >= 0.3 is 0 Å². The van der Waals surface area contributed by atoms with Crippen LogP contribution in [0.3, 0.4) is 0 Å². The second kappa shape index (κ2) is 43.1. The molecule has 150 heavy (non-hydrogen) atoms. The Morgan fingerprint density at radius 1 is 0.333 bits per heavy atom. The molecule has 1 saturated carbocycles. The van der Waals surface area contributed by atoms with Gasteiger partial charge in [-0.2, -0.15) is 5.26 Å². The summed E-state index contributed by atoms with van der Waals surface area (Å²) in [6.45, 7) is 89.5. The summed E-state index contributed by atoms with van der Waals surface area (Å²) in [5, 5.41) is 13.1. The molecule has 27 heteroatoms. The Hall–Kier alpha value is -12.9. The number of carbonyl (C=O) groups excluding carboxylic acids is 1. The van der Waals surface area contributed by atoms with Crippen molar-refractivity contribution in [1.82, 2.24) is 66.9 Å². The number of nitriles is 1. The summed E-state index contributed by atoms with van der Waals surface area (Å²) in [6.07, 6.45) is 1.50. The van der Waals surface area contributed by atoms with E-state index in [0.29, 0.717) is 62.0 Å². The minimum atomic E-state index is -2.66. The zero-order chi connectivity index (χ0) is 114. The van der Waals surface area contributed by atoms with Gasteiger partial charge in [0.1, 0.15) is 58.1 Å². The fourth-order valence-electron chi connectivity index (χ4n) is 18.5. The van der Waals surface area contributed by atoms with Crippen LogP contribution in [0.4, 0.5) is 8.78 Å². The molecule has 14 aromatic rings. The number of halogens is 2. The van der Waals surface area contributed by atoms with Crippen LogP contribution in [0.1, 0.15) is 409 Å². The van der Waals surface area contributed by atoms with Gasteiger partial charge in [0, 0.05) is 82.2 Å². The zero-order valence-corrected chi connectivity index (χ0v) is 98.3. The van der Waals surface area contributed by atoms with Gasteiger partial charge in [0.15, 0.2) is 0 Å². The Balaban J connectivity index is 0.000000194. The lowest BCUT2D eigenvalue weighted by molar-refractivity contribution is 0.100. The Bertz CT molecular complexity index is 7720. The van der Waals surface area contributed by atoms with E-state index in [0.717, 1.165) is 80.0 Å². The van der Waals surface area contributed by atoms with Crippen LogP contribution in [0.15, 0.2) is 161 Å². The van der Waals surface area contributed by atoms with Crippen LogP contribution in [0.5, 0.6) is 5.75 Å². The summed E-state index contributed by atoms with van der Waals surface area (Å²) in [4.78, 5) is 136. The number of alkyl halides is 2. The van der Waals surface area contributed by atoms with E-state index in [1.54, 1.807) is 67.8 Å². The number of hydrogen-bond donors (Lipinski definition) is 1. The molecule has 0 aliphatic heterocycles. The number of carbonyl (C=O) groups is 1. The molecule has 15 rings (SSSR count). The summed E-state index contributed by atoms with van der Waals surface area (Å²) >= 11 is 0. The fraction of sp³-hybridized carbons (Fsp3) is 0.528. The number of fused-ring (bicyclic) bond motifs is 7. The van der Waals surface area contributed by atoms with E-state index < -0.39 is 28.8 Å². The third-order valence-electron chi connectivity index (χ3n) is 25.5. The molecule has 0 saturated heterocycles. The van der Waals surface area contributed by atoms with Gasteiger partial charge in [0.05, 0.1) is 89.0 Å². The van der Waals surface area contributed by atoms with E-state index in [1.165, 1.54) is 30.5 Å². The normalized spacial score (nSPS) is 13.3. The van der Waals surface area contributed by atoms with Crippen molar-refractivity contribution in [3.8, 4) is 11.8 Å². The lowest BCUT2D eigenvalue weighted by Crippen LogP contribution is -2.41. The third-order valence-corrected chi connectivity index (χ3v) is 25.5. The van der Waals surface area contributed by atoms with Gasteiger partial charge in [-0.25, -0.2) is 43.7 Å². The highest BCUT2D eigenvalue weighted by molar-refractivity contribution is 6.05. The van der Waals surface area contributed by atoms with Crippen molar-refractivity contribution in [2.75, 3.05) is 7.11 Å². The maximum absolute atomic E-state index is 13.2. The van der Waals surface area contributed by atoms with Crippen molar-refractivity contribution in [1.29, 1.82) is 5.26 Å². The number of primary amides is 1. The van der Waals surface area contributed by atoms with Crippen molar-refractivity contribution in [2.45, 2.75) is 419 Å². The van der Waals surface area contributed by atoms with E-state index in [-0.39, 0.29) is 127 Å². The lowest BCUT2D eigenvalue weighted by Gasteiger charge is -2.31. The summed E-state index contributed by atoms with van der Waals surface area (Å²) in [7, 11) is 1.60. The van der Waals surface area contributed by atoms with E-state index in [9.17, 15) is 52.4 Å². The topological polar surface area (TPSA) is 320 Å². The number of ether oxygens (including phenoxy) is 1. The molecule has 0 spiro atoms. The highest BCUT2D eigenvalue weighted by atomic mass is 19.3. The second-order valence-corrected chi connectivity index (χ2v) is 53.6. The molecular weight excluding hydrogens is 1880 g/mol. The van der Waals surface area contributed by atoms with E-state index >= 15 is 0 Å². The first-order chi connectivity index (χ1) is 68.3. The van der Waals surface area contributed by atoms with Crippen LogP contribution in [0.25, 0.3) is 76.3 Å². The van der Waals surface area contributed by atoms with Gasteiger partial charge in [-0.3, -0.25) is 70.3 Å². The van der Waals surface area contributed by atoms with Gasteiger partial charge in [0.25, 0.3) is 45.3 Å². The van der Waals surface area contributed by atoms with Crippen LogP contribution in [-0.4, -0.2) is 79.9 Å². The van der Waals surface area contributed by atoms with Gasteiger partial charge in [-0.15, -0.1) is 0 Å². The molecule has 25 nitrogen and oxygen atoms in total. The number of nitrogens with two attached hydrogens (primary N) is 1. The van der Waals surface area contributed by atoms with Gasteiger partial charge in [0.2, 0.25) is 5.91 Å². The molecule has 0 bridgehead atoms. The first-order valence-corrected chi connectivity index (χ1v) is 52.2. The lowest BCUT2D eigenvalue weighted by atomic mass is 9.92. The summed E-state index contributed by atoms with van der Waals surface area (Å²) < 4.78 is 44.3. The average Bonchev–Trinajstić information content (AvgIpc) is 1.43. The Morgan fingerprint density at radius 2 is 0.600 bits per heavy atom. The molecule has 0 radical (unpaired) electrons. The van der Waals surface area contributed by atoms with Crippen molar-refractivity contribution in [3.63, 3.8) is 0 Å². The molecular formula is C123H168F2N16O9. The predicted octanol–water partition coefficient (Wildman–Crippen LogP) is 26.1. The highest BCUT2D eigenvalue weighted by Gasteiger charge is 2.39. The summed E-state index contributed by atoms with van der Waals surface area (Å²) in [5.74, 6) is 5.88. The average molecular weight is 2050 g/mol. The zero-order valence-electron chi connectivity index (χ0n) is 98.3. The molecule has 7 aromatic heterocycles. The number of nitrogens with zero attached hydrogens (tertiary/aromatic N) is 15. The molecule has 1 aliphatic carbocycles. The molecule has 7 heterocycles. The van der Waals surface area contributed by atoms with Gasteiger partial charge < -0.3 is 10.5 Å². The first-order valence-electron chi connectivity index (χ1n) is 52.2. The van der Waals surface area contributed by atoms with E-state index in [2.05, 4.69) is 192 Å². The van der Waals surface area contributed by atoms with E-state index in [4.69, 9.17) is 30.4 Å². The molecule has 808 valence electrons. The molecule has 7 aromatic carbocycles. The maximum atomic E-state index is 13.2. The SMILES string of the molecule is CC(C)(C)c1nc2c(C#N)cccc2c(=O)n1C(C)(C)C.CC(C)(C)c1nc2c(C(F)F)cccc2c(=O)n1C(C)(C)C.CC(C)(C)c1nc2c(C3CC3)cccc2c(=O)n1C(C)(C)C.CC(C)(C)c1nc2cccc(C(N)=O)c2c(=O)n1C(C)(C)C.CCc1cccc2c(=O)n(C(C)(C)C)c(C(C)(C)C)nc12.CCc1cccc2nc(C(C)(C)C)n(C(C)(C)C)c(=O)c12.COc1cccc2c(=O)n(C(C)(C)C)c(C(C)(C)C)nc12. The number of amides is 1. The number of aromatic nitrogens is 14. The van der Waals surface area contributed by atoms with Gasteiger partial charge in [-0.1, -0.05) is 226 Å². The van der Waals surface area contributed by atoms with Crippen LogP contribution < -0.4 is 49.4 Å². The molecule has 1 amide bonds. The molecule has 1 aliphatic rings. The van der Waals surface area contributed by atoms with Crippen LogP contribution in [0, 0.1) is 11.3 Å². The maximum Gasteiger partial charge on any atom is 0.265 e. The highest BCUT2D eigenvalue weighted by Crippen LogP contribution is 2.44. The first kappa shape index (κ1) is 121. The monoisotopic (exact) mass is 2050 g/mol. The number of methoxy groups -OCH3 is 1. The Labute approximate surface area is 885 Å². The molecule has 1 fully saturated rings. The molecule has 0 unspecified atom stereocenters. The second-order valence-electron chi connectivity index (χ2n) is 53.6. The standard InChI is InChI=1S/C19H26N2O.2C18H26N2O.C17H22F2N2O.C17H23N3O2.C17H21N3O.C17H24N2O2/c1-18(2,3)17-20-15-13(12-10-11-12)8-7-9-14(15)16(22)21(17)19(4,5)6;1-8-12-10-9-11-13-14(12)15(21)20(18(5,6)7)16(19-13)17(2,3)4;1-8-12-10-9-11-13-14(12)19-16(17(2,3)4)20(15(13)21)18(5,6)7;1-16(2,3)15-20-12-10(13(18)19)8-7-9-11(12)14(22)21(15)17(4,5)6;1-16(2,3)15-19-11-9-7-8-10(13(18)21)12(11)14(22)20(15)17(4,5)6;1-16(2,3)15-19-13-11(10-18)8-7-9-12(13)14(21)20(15)17(4,5)6;1-16(2,3)15-18-13-11(9-8-10-12(13)21-7)14(20)19(15)17(4,5)6/h7-9,12H,10-11H2,1-6H3;2*9-11H,8H2,1-7H3;7-9,13H,1-6H3;7-9H,1-6H3,(H2,18,21);7-9H,1-6H3;8-10H,1-7H3. The predicted molar refractivity (Wildman–Crippen MR) is 613 cm³/mol. The summed E-state index contributed by atoms with van der Waals surface area (Å²) in [5.41, 5.74) is 9.01. The third kappa shape index (κ3) is 26.3.